The number of aromatic nitrogens is 4. The van der Waals surface area contributed by atoms with Crippen molar-refractivity contribution in [3.8, 4) is 22.5 Å². The number of imide groups is 1. The predicted octanol–water partition coefficient (Wildman–Crippen LogP) is 1.28. The fourth-order valence-electron chi connectivity index (χ4n) is 4.74. The number of rotatable bonds is 4. The molecule has 168 valence electrons. The van der Waals surface area contributed by atoms with E-state index in [-0.39, 0.29) is 24.3 Å². The van der Waals surface area contributed by atoms with Crippen molar-refractivity contribution in [3.63, 3.8) is 0 Å². The van der Waals surface area contributed by atoms with Gasteiger partial charge in [0.1, 0.15) is 6.04 Å². The molecule has 1 N–H and O–H groups in total. The van der Waals surface area contributed by atoms with E-state index < -0.39 is 11.9 Å². The van der Waals surface area contributed by atoms with Crippen LogP contribution in [0.2, 0.25) is 0 Å². The molecule has 5 heterocycles. The fourth-order valence-corrected chi connectivity index (χ4v) is 4.74. The molecule has 1 aromatic carbocycles. The summed E-state index contributed by atoms with van der Waals surface area (Å²) in [6.07, 6.45) is 6.19. The molecule has 2 aromatic heterocycles. The zero-order chi connectivity index (χ0) is 22.7. The highest BCUT2D eigenvalue weighted by Gasteiger charge is 2.39. The first-order chi connectivity index (χ1) is 16.0. The van der Waals surface area contributed by atoms with Crippen LogP contribution in [0.4, 0.5) is 0 Å². The van der Waals surface area contributed by atoms with E-state index in [4.69, 9.17) is 4.74 Å². The van der Waals surface area contributed by atoms with Crippen molar-refractivity contribution in [2.45, 2.75) is 31.5 Å². The summed E-state index contributed by atoms with van der Waals surface area (Å²) in [5, 5.41) is 6.83. The van der Waals surface area contributed by atoms with Gasteiger partial charge in [0.2, 0.25) is 11.8 Å². The fraction of sp³-hybridized carbons (Fsp3) is 0.348. The number of nitrogens with one attached hydrogen (secondary N) is 1. The molecule has 3 aliphatic heterocycles. The second kappa shape index (κ2) is 7.38. The van der Waals surface area contributed by atoms with E-state index in [2.05, 4.69) is 15.4 Å². The Labute approximate surface area is 189 Å². The molecule has 0 spiro atoms. The van der Waals surface area contributed by atoms with Gasteiger partial charge >= 0.3 is 0 Å². The Morgan fingerprint density at radius 1 is 1.15 bits per heavy atom. The second-order valence-electron chi connectivity index (χ2n) is 8.72. The molecule has 0 bridgehead atoms. The Balaban J connectivity index is 1.31. The van der Waals surface area contributed by atoms with Crippen LogP contribution in [0.1, 0.15) is 34.8 Å². The van der Waals surface area contributed by atoms with Gasteiger partial charge in [0.15, 0.2) is 0 Å². The van der Waals surface area contributed by atoms with Crippen molar-refractivity contribution >= 4 is 17.7 Å². The van der Waals surface area contributed by atoms with Gasteiger partial charge in [0.25, 0.3) is 5.91 Å². The van der Waals surface area contributed by atoms with E-state index >= 15 is 0 Å². The molecule has 0 saturated carbocycles. The largest absolute Gasteiger partial charge is 0.377 e. The third-order valence-electron chi connectivity index (χ3n) is 6.60. The molecule has 0 aliphatic carbocycles. The van der Waals surface area contributed by atoms with E-state index in [9.17, 15) is 14.4 Å². The maximum Gasteiger partial charge on any atom is 0.255 e. The Bertz CT molecular complexity index is 1300. The van der Waals surface area contributed by atoms with E-state index in [0.717, 1.165) is 28.1 Å². The summed E-state index contributed by atoms with van der Waals surface area (Å²) in [6.45, 7) is 1.67. The molecule has 3 aliphatic rings. The molecule has 6 rings (SSSR count). The van der Waals surface area contributed by atoms with E-state index in [1.807, 2.05) is 40.8 Å². The normalized spacial score (nSPS) is 20.7. The van der Waals surface area contributed by atoms with Gasteiger partial charge in [-0.1, -0.05) is 6.07 Å². The lowest BCUT2D eigenvalue weighted by molar-refractivity contribution is -0.136. The third-order valence-corrected chi connectivity index (χ3v) is 6.60. The van der Waals surface area contributed by atoms with Crippen LogP contribution in [-0.4, -0.2) is 61.2 Å². The number of ether oxygens (including phenoxy) is 1. The number of hydrogen-bond acceptors (Lipinski definition) is 6. The second-order valence-corrected chi connectivity index (χ2v) is 8.72. The van der Waals surface area contributed by atoms with Gasteiger partial charge < -0.3 is 14.2 Å². The van der Waals surface area contributed by atoms with Gasteiger partial charge in [-0.3, -0.25) is 24.4 Å². The van der Waals surface area contributed by atoms with Crippen LogP contribution in [-0.2, 0) is 27.9 Å². The Kier molecular flexibility index (Phi) is 4.44. The molecular formula is C23H22N6O4. The molecule has 10 heteroatoms. The molecule has 3 aromatic rings. The first-order valence-electron chi connectivity index (χ1n) is 10.9. The minimum atomic E-state index is -0.627. The molecule has 2 saturated heterocycles. The minimum Gasteiger partial charge on any atom is -0.377 e. The molecule has 2 fully saturated rings. The van der Waals surface area contributed by atoms with Gasteiger partial charge in [-0.05, 0) is 24.1 Å². The minimum absolute atomic E-state index is 0.184. The smallest absolute Gasteiger partial charge is 0.255 e. The van der Waals surface area contributed by atoms with E-state index in [1.165, 1.54) is 0 Å². The first kappa shape index (κ1) is 19.9. The molecule has 0 radical (unpaired) electrons. The number of carbonyl (C=O) groups is 3. The summed E-state index contributed by atoms with van der Waals surface area (Å²) < 4.78 is 9.16. The van der Waals surface area contributed by atoms with Crippen molar-refractivity contribution in [2.24, 2.45) is 7.05 Å². The van der Waals surface area contributed by atoms with Gasteiger partial charge in [0.05, 0.1) is 43.2 Å². The number of carbonyl (C=O) groups excluding carboxylic acids is 3. The highest BCUT2D eigenvalue weighted by Crippen LogP contribution is 2.35. The number of nitrogens with zero attached hydrogens (tertiary/aromatic N) is 5. The lowest BCUT2D eigenvalue weighted by Gasteiger charge is -2.29. The maximum atomic E-state index is 13.0. The number of aryl methyl sites for hydroxylation is 1. The predicted molar refractivity (Wildman–Crippen MR) is 116 cm³/mol. The topological polar surface area (TPSA) is 111 Å². The zero-order valence-corrected chi connectivity index (χ0v) is 18.0. The summed E-state index contributed by atoms with van der Waals surface area (Å²) >= 11 is 0. The Morgan fingerprint density at radius 2 is 2.00 bits per heavy atom. The maximum absolute atomic E-state index is 13.0. The lowest BCUT2D eigenvalue weighted by Crippen LogP contribution is -2.52. The number of amides is 3. The average Bonchev–Trinajstić information content (AvgIpc) is 3.44. The van der Waals surface area contributed by atoms with Crippen molar-refractivity contribution < 1.29 is 19.1 Å². The zero-order valence-electron chi connectivity index (χ0n) is 18.0. The summed E-state index contributed by atoms with van der Waals surface area (Å²) in [5.41, 5.74) is 5.02. The highest BCUT2D eigenvalue weighted by atomic mass is 16.5. The van der Waals surface area contributed by atoms with Crippen molar-refractivity contribution in [1.82, 2.24) is 29.5 Å². The number of piperidine rings is 1. The monoisotopic (exact) mass is 446 g/mol. The molecule has 10 nitrogen and oxygen atoms in total. The summed E-state index contributed by atoms with van der Waals surface area (Å²) in [5.74, 6) is -0.886. The average molecular weight is 446 g/mol. The van der Waals surface area contributed by atoms with Crippen LogP contribution in [0.25, 0.3) is 22.5 Å². The Morgan fingerprint density at radius 3 is 2.76 bits per heavy atom. The Hall–Kier alpha value is -3.79. The molecule has 33 heavy (non-hydrogen) atoms. The lowest BCUT2D eigenvalue weighted by atomic mass is 10.0. The summed E-state index contributed by atoms with van der Waals surface area (Å²) in [7, 11) is 1.94. The van der Waals surface area contributed by atoms with Crippen molar-refractivity contribution in [1.29, 1.82) is 0 Å². The van der Waals surface area contributed by atoms with Crippen LogP contribution in [0.15, 0.2) is 36.9 Å². The van der Waals surface area contributed by atoms with Gasteiger partial charge in [-0.2, -0.15) is 5.10 Å². The molecule has 0 unspecified atom stereocenters. The van der Waals surface area contributed by atoms with Crippen molar-refractivity contribution in [3.05, 3.63) is 48.0 Å². The first-order valence-corrected chi connectivity index (χ1v) is 10.9. The van der Waals surface area contributed by atoms with Crippen LogP contribution >= 0.6 is 0 Å². The van der Waals surface area contributed by atoms with Gasteiger partial charge in [-0.15, -0.1) is 0 Å². The van der Waals surface area contributed by atoms with Gasteiger partial charge in [0, 0.05) is 42.9 Å². The van der Waals surface area contributed by atoms with E-state index in [0.29, 0.717) is 31.7 Å². The molecular weight excluding hydrogens is 424 g/mol. The third kappa shape index (κ3) is 3.17. The SMILES string of the molecule is Cn1cnc(-c2ccc3c(c2)CN([C@H]2CCC(=O)NC2=O)C3=O)c1-c1cnn(C2COC2)c1. The standard InChI is InChI=1S/C23H22N6O4/c1-27-12-24-20(21(27)15-7-25-29(9-15)16-10-33-11-16)13-2-3-17-14(6-13)8-28(23(17)32)18-4-5-19(30)26-22(18)31/h2-3,6-7,9,12,16,18H,4-5,8,10-11H2,1H3,(H,26,30,31)/t18-/m0/s1. The van der Waals surface area contributed by atoms with Crippen LogP contribution in [0.5, 0.6) is 0 Å². The molecule has 3 amide bonds. The van der Waals surface area contributed by atoms with Crippen LogP contribution in [0, 0.1) is 0 Å². The summed E-state index contributed by atoms with van der Waals surface area (Å²) in [4.78, 5) is 43.0. The number of benzene rings is 1. The number of fused-ring (bicyclic) bond motifs is 1. The molecule has 1 atom stereocenters. The van der Waals surface area contributed by atoms with Gasteiger partial charge in [-0.25, -0.2) is 4.98 Å². The highest BCUT2D eigenvalue weighted by molar-refractivity contribution is 6.05. The summed E-state index contributed by atoms with van der Waals surface area (Å²) in [6, 6.07) is 5.29. The van der Waals surface area contributed by atoms with Crippen LogP contribution < -0.4 is 5.32 Å². The quantitative estimate of drug-likeness (QED) is 0.605. The number of imidazole rings is 1. The van der Waals surface area contributed by atoms with Crippen molar-refractivity contribution in [2.75, 3.05) is 13.2 Å². The van der Waals surface area contributed by atoms with E-state index in [1.54, 1.807) is 17.3 Å². The van der Waals surface area contributed by atoms with Crippen LogP contribution in [0.3, 0.4) is 0 Å². The number of hydrogen-bond donors (Lipinski definition) is 1.